The fraction of sp³-hybridized carbons (Fsp3) is 0.877. The summed E-state index contributed by atoms with van der Waals surface area (Å²) in [5.74, 6) is -0.877. The molecule has 0 aliphatic rings. The Morgan fingerprint density at radius 1 is 0.266 bits per heavy atom. The number of ether oxygens (including phenoxy) is 3. The molecule has 0 rings (SSSR count). The van der Waals surface area contributed by atoms with Crippen molar-refractivity contribution in [2.24, 2.45) is 0 Å². The molecule has 0 heterocycles. The van der Waals surface area contributed by atoms with Crippen molar-refractivity contribution >= 4 is 17.9 Å². The van der Waals surface area contributed by atoms with Gasteiger partial charge in [-0.2, -0.15) is 0 Å². The second-order valence-corrected chi connectivity index (χ2v) is 24.1. The number of allylic oxidation sites excluding steroid dienone is 6. The Hall–Kier alpha value is -2.37. The summed E-state index contributed by atoms with van der Waals surface area (Å²) in [5.41, 5.74) is 0. The Kier molecular flexibility index (Phi) is 66.1. The van der Waals surface area contributed by atoms with Gasteiger partial charge in [0.05, 0.1) is 0 Å². The van der Waals surface area contributed by atoms with Gasteiger partial charge in [-0.05, 0) is 51.4 Å². The van der Waals surface area contributed by atoms with Gasteiger partial charge in [0.25, 0.3) is 0 Å². The molecule has 0 aliphatic carbocycles. The number of unbranched alkanes of at least 4 members (excludes halogenated alkanes) is 49. The number of hydrogen-bond acceptors (Lipinski definition) is 6. The molecule has 0 radical (unpaired) electrons. The summed E-state index contributed by atoms with van der Waals surface area (Å²) in [4.78, 5) is 38.4. The van der Waals surface area contributed by atoms with Crippen molar-refractivity contribution in [1.82, 2.24) is 0 Å². The summed E-state index contributed by atoms with van der Waals surface area (Å²) in [6.07, 6.45) is 84.8. The van der Waals surface area contributed by atoms with E-state index in [4.69, 9.17) is 14.2 Å². The highest BCUT2D eigenvalue weighted by atomic mass is 16.6. The molecular weight excluding hydrogens is 973 g/mol. The lowest BCUT2D eigenvalue weighted by atomic mass is 10.0. The largest absolute Gasteiger partial charge is 0.462 e. The topological polar surface area (TPSA) is 78.9 Å². The van der Waals surface area contributed by atoms with Crippen LogP contribution in [0.4, 0.5) is 0 Å². The Morgan fingerprint density at radius 3 is 0.772 bits per heavy atom. The predicted octanol–water partition coefficient (Wildman–Crippen LogP) is 24.3. The third kappa shape index (κ3) is 66.3. The third-order valence-electron chi connectivity index (χ3n) is 16.2. The van der Waals surface area contributed by atoms with Crippen LogP contribution in [0, 0.1) is 0 Å². The van der Waals surface area contributed by atoms with Crippen molar-refractivity contribution in [2.45, 2.75) is 399 Å². The van der Waals surface area contributed by atoms with Crippen LogP contribution >= 0.6 is 0 Å². The summed E-state index contributed by atoms with van der Waals surface area (Å²) in [5, 5.41) is 0. The van der Waals surface area contributed by atoms with Crippen molar-refractivity contribution in [3.05, 3.63) is 36.5 Å². The lowest BCUT2D eigenvalue weighted by Gasteiger charge is -2.18. The van der Waals surface area contributed by atoms with Crippen LogP contribution < -0.4 is 0 Å². The molecule has 0 saturated heterocycles. The van der Waals surface area contributed by atoms with E-state index in [0.717, 1.165) is 83.5 Å². The molecular formula is C73H136O6. The van der Waals surface area contributed by atoms with Crippen LogP contribution in [0.1, 0.15) is 393 Å². The quantitative estimate of drug-likeness (QED) is 0.0261. The van der Waals surface area contributed by atoms with Gasteiger partial charge < -0.3 is 14.2 Å². The molecule has 79 heavy (non-hydrogen) atoms. The van der Waals surface area contributed by atoms with E-state index < -0.39 is 6.10 Å². The fourth-order valence-electron chi connectivity index (χ4n) is 10.9. The van der Waals surface area contributed by atoms with Gasteiger partial charge in [-0.3, -0.25) is 14.4 Å². The zero-order valence-electron chi connectivity index (χ0n) is 53.4. The summed E-state index contributed by atoms with van der Waals surface area (Å²) in [6.45, 7) is 6.58. The molecule has 6 heteroatoms. The minimum Gasteiger partial charge on any atom is -0.462 e. The van der Waals surface area contributed by atoms with Crippen LogP contribution in [0.2, 0.25) is 0 Å². The molecule has 0 aliphatic heterocycles. The van der Waals surface area contributed by atoms with Gasteiger partial charge in [-0.1, -0.05) is 359 Å². The Bertz CT molecular complexity index is 1320. The van der Waals surface area contributed by atoms with E-state index in [1.165, 1.54) is 270 Å². The van der Waals surface area contributed by atoms with E-state index >= 15 is 0 Å². The zero-order chi connectivity index (χ0) is 57.1. The van der Waals surface area contributed by atoms with Gasteiger partial charge in [-0.15, -0.1) is 0 Å². The highest BCUT2D eigenvalue weighted by Crippen LogP contribution is 2.19. The summed E-state index contributed by atoms with van der Waals surface area (Å²) in [6, 6.07) is 0. The highest BCUT2D eigenvalue weighted by Gasteiger charge is 2.19. The average molecular weight is 1110 g/mol. The van der Waals surface area contributed by atoms with Gasteiger partial charge in [0, 0.05) is 19.3 Å². The number of rotatable bonds is 66. The number of carbonyl (C=O) groups is 3. The van der Waals surface area contributed by atoms with E-state index in [1.807, 2.05) is 0 Å². The number of hydrogen-bond donors (Lipinski definition) is 0. The number of esters is 3. The molecule has 0 fully saturated rings. The molecule has 1 unspecified atom stereocenters. The normalized spacial score (nSPS) is 12.2. The minimum atomic E-state index is -0.782. The lowest BCUT2D eigenvalue weighted by Crippen LogP contribution is -2.30. The molecule has 0 bridgehead atoms. The molecule has 0 aromatic rings. The molecule has 0 aromatic heterocycles. The first-order valence-electron chi connectivity index (χ1n) is 35.5. The van der Waals surface area contributed by atoms with Crippen molar-refractivity contribution < 1.29 is 28.6 Å². The van der Waals surface area contributed by atoms with Crippen LogP contribution in [-0.4, -0.2) is 37.2 Å². The molecule has 0 aromatic carbocycles. The zero-order valence-corrected chi connectivity index (χ0v) is 53.4. The maximum atomic E-state index is 12.9. The van der Waals surface area contributed by atoms with E-state index in [9.17, 15) is 14.4 Å². The Balaban J connectivity index is 4.20. The molecule has 0 amide bonds. The standard InChI is InChI=1S/C73H136O6/c1-4-7-10-13-16-19-22-25-27-29-31-33-34-35-36-37-38-40-41-43-45-48-51-54-57-60-63-66-72(75)78-69-70(68-77-71(74)65-62-59-56-53-50-47-24-21-18-15-12-9-6-3)79-73(76)67-64-61-58-55-52-49-46-44-42-39-32-30-28-26-23-20-17-14-11-8-5-2/h9,12,18,21,47,50,70H,4-8,10-11,13-17,19-20,22-46,48-49,51-69H2,1-3H3/b12-9-,21-18-,50-47-. The Morgan fingerprint density at radius 2 is 0.494 bits per heavy atom. The highest BCUT2D eigenvalue weighted by molar-refractivity contribution is 5.71. The lowest BCUT2D eigenvalue weighted by molar-refractivity contribution is -0.167. The monoisotopic (exact) mass is 1110 g/mol. The van der Waals surface area contributed by atoms with E-state index in [2.05, 4.69) is 57.2 Å². The van der Waals surface area contributed by atoms with Crippen LogP contribution in [0.5, 0.6) is 0 Å². The van der Waals surface area contributed by atoms with Crippen LogP contribution in [0.15, 0.2) is 36.5 Å². The van der Waals surface area contributed by atoms with E-state index in [-0.39, 0.29) is 31.1 Å². The maximum absolute atomic E-state index is 12.9. The van der Waals surface area contributed by atoms with Gasteiger partial charge in [0.2, 0.25) is 0 Å². The second-order valence-electron chi connectivity index (χ2n) is 24.1. The third-order valence-corrected chi connectivity index (χ3v) is 16.2. The SMILES string of the molecule is CC/C=C\C/C=C\C/C=C\CCCCCC(=O)OCC(COC(=O)CCCCCCCCCCCCCCCCCCCCCCCCCCCCC)OC(=O)CCCCCCCCCCCCCCCCCCCCCCC. The fourth-order valence-corrected chi connectivity index (χ4v) is 10.9. The van der Waals surface area contributed by atoms with Crippen molar-refractivity contribution in [3.8, 4) is 0 Å². The first-order chi connectivity index (χ1) is 39.0. The van der Waals surface area contributed by atoms with Gasteiger partial charge in [-0.25, -0.2) is 0 Å². The van der Waals surface area contributed by atoms with Gasteiger partial charge in [0.1, 0.15) is 13.2 Å². The number of carbonyl (C=O) groups excluding carboxylic acids is 3. The van der Waals surface area contributed by atoms with Gasteiger partial charge in [0.15, 0.2) is 6.10 Å². The van der Waals surface area contributed by atoms with Crippen LogP contribution in [-0.2, 0) is 28.6 Å². The summed E-state index contributed by atoms with van der Waals surface area (Å²) >= 11 is 0. The second kappa shape index (κ2) is 68.1. The molecule has 6 nitrogen and oxygen atoms in total. The molecule has 1 atom stereocenters. The molecule has 0 saturated carbocycles. The molecule has 0 N–H and O–H groups in total. The first-order valence-corrected chi connectivity index (χ1v) is 35.5. The van der Waals surface area contributed by atoms with E-state index in [1.54, 1.807) is 0 Å². The average Bonchev–Trinajstić information content (AvgIpc) is 3.45. The summed E-state index contributed by atoms with van der Waals surface area (Å²) < 4.78 is 17.0. The minimum absolute atomic E-state index is 0.0758. The van der Waals surface area contributed by atoms with E-state index in [0.29, 0.717) is 19.3 Å². The smallest absolute Gasteiger partial charge is 0.306 e. The maximum Gasteiger partial charge on any atom is 0.306 e. The first kappa shape index (κ1) is 76.6. The van der Waals surface area contributed by atoms with Gasteiger partial charge >= 0.3 is 17.9 Å². The predicted molar refractivity (Wildman–Crippen MR) is 344 cm³/mol. The summed E-state index contributed by atoms with van der Waals surface area (Å²) in [7, 11) is 0. The van der Waals surface area contributed by atoms with Crippen molar-refractivity contribution in [2.75, 3.05) is 13.2 Å². The van der Waals surface area contributed by atoms with Crippen LogP contribution in [0.25, 0.3) is 0 Å². The Labute approximate surface area is 493 Å². The molecule has 0 spiro atoms. The molecule has 464 valence electrons. The van der Waals surface area contributed by atoms with Crippen molar-refractivity contribution in [1.29, 1.82) is 0 Å². The van der Waals surface area contributed by atoms with Crippen LogP contribution in [0.3, 0.4) is 0 Å². The van der Waals surface area contributed by atoms with Crippen molar-refractivity contribution in [3.63, 3.8) is 0 Å².